The molecule has 0 aromatic carbocycles. The van der Waals surface area contributed by atoms with Crippen molar-refractivity contribution in [1.82, 2.24) is 0 Å². The van der Waals surface area contributed by atoms with Gasteiger partial charge in [-0.1, -0.05) is 65.8 Å². The third kappa shape index (κ3) is 3.28. The van der Waals surface area contributed by atoms with Gasteiger partial charge in [0.15, 0.2) is 0 Å². The molecule has 0 aromatic rings. The van der Waals surface area contributed by atoms with Crippen molar-refractivity contribution in [1.29, 1.82) is 0 Å². The topological polar surface area (TPSA) is 40.5 Å². The van der Waals surface area contributed by atoms with E-state index in [9.17, 15) is 10.2 Å². The van der Waals surface area contributed by atoms with E-state index < -0.39 is 5.60 Å². The smallest absolute Gasteiger partial charge is 0.0800 e. The van der Waals surface area contributed by atoms with Crippen molar-refractivity contribution < 1.29 is 10.2 Å². The molecule has 0 radical (unpaired) electrons. The molecular weight excluding hydrogens is 368 g/mol. The normalized spacial score (nSPS) is 45.4. The monoisotopic (exact) mass is 412 g/mol. The van der Waals surface area contributed by atoms with Crippen LogP contribution in [0.3, 0.4) is 0 Å². The van der Waals surface area contributed by atoms with Crippen LogP contribution in [-0.2, 0) is 0 Å². The van der Waals surface area contributed by atoms with Crippen LogP contribution in [0.2, 0.25) is 0 Å². The minimum absolute atomic E-state index is 0.200. The highest BCUT2D eigenvalue weighted by molar-refractivity contribution is 5.48. The lowest BCUT2D eigenvalue weighted by molar-refractivity contribution is -0.122. The van der Waals surface area contributed by atoms with Crippen molar-refractivity contribution in [2.45, 2.75) is 98.2 Å². The van der Waals surface area contributed by atoms with E-state index in [4.69, 9.17) is 0 Å². The van der Waals surface area contributed by atoms with Gasteiger partial charge in [-0.15, -0.1) is 0 Å². The number of fused-ring (bicyclic) bond motifs is 5. The molecule has 8 atom stereocenters. The lowest BCUT2D eigenvalue weighted by Crippen LogP contribution is -2.56. The summed E-state index contributed by atoms with van der Waals surface area (Å²) in [6, 6.07) is 0. The summed E-state index contributed by atoms with van der Waals surface area (Å²) in [6.45, 7) is 14.2. The number of rotatable bonds is 4. The lowest BCUT2D eigenvalue weighted by atomic mass is 9.50. The molecule has 4 aliphatic carbocycles. The first-order valence-electron chi connectivity index (χ1n) is 12.5. The van der Waals surface area contributed by atoms with Crippen LogP contribution in [0.25, 0.3) is 0 Å². The molecule has 0 aliphatic heterocycles. The van der Waals surface area contributed by atoms with Crippen LogP contribution >= 0.6 is 0 Å². The molecule has 0 spiro atoms. The van der Waals surface area contributed by atoms with Crippen molar-refractivity contribution in [3.05, 3.63) is 35.5 Å². The molecule has 2 N–H and O–H groups in total. The van der Waals surface area contributed by atoms with Gasteiger partial charge in [0.05, 0.1) is 11.7 Å². The molecule has 2 saturated carbocycles. The third-order valence-corrected chi connectivity index (χ3v) is 10.1. The lowest BCUT2D eigenvalue weighted by Gasteiger charge is -2.57. The van der Waals surface area contributed by atoms with Crippen LogP contribution in [0.15, 0.2) is 35.5 Å². The summed E-state index contributed by atoms with van der Waals surface area (Å²) in [4.78, 5) is 0. The van der Waals surface area contributed by atoms with Crippen molar-refractivity contribution in [2.24, 2.45) is 40.4 Å². The molecule has 0 unspecified atom stereocenters. The summed E-state index contributed by atoms with van der Waals surface area (Å²) in [6.07, 6.45) is 16.1. The van der Waals surface area contributed by atoms with Gasteiger partial charge in [0, 0.05) is 11.8 Å². The summed E-state index contributed by atoms with van der Waals surface area (Å²) in [5.41, 5.74) is 2.30. The molecule has 30 heavy (non-hydrogen) atoms. The fraction of sp³-hybridized carbons (Fsp3) is 0.786. The first-order chi connectivity index (χ1) is 14.0. The fourth-order valence-corrected chi connectivity index (χ4v) is 7.44. The SMILES string of the molecule is CC(C)[C@@H](C)/C=C/[C@@H](C)[C@H]1CC[C@H]2C3=CC[C@@]4(O)C[C@@H](O)CC[C@]4(C)C3=CC[C@]12C. The van der Waals surface area contributed by atoms with Gasteiger partial charge in [-0.3, -0.25) is 0 Å². The van der Waals surface area contributed by atoms with Gasteiger partial charge in [0.25, 0.3) is 0 Å². The van der Waals surface area contributed by atoms with Gasteiger partial charge in [-0.05, 0) is 84.7 Å². The van der Waals surface area contributed by atoms with Gasteiger partial charge in [0.2, 0.25) is 0 Å². The number of hydrogen-bond donors (Lipinski definition) is 2. The largest absolute Gasteiger partial charge is 0.393 e. The molecule has 0 aromatic heterocycles. The number of hydrogen-bond acceptors (Lipinski definition) is 2. The third-order valence-electron chi connectivity index (χ3n) is 10.1. The Morgan fingerprint density at radius 1 is 1.00 bits per heavy atom. The van der Waals surface area contributed by atoms with Crippen molar-refractivity contribution in [2.75, 3.05) is 0 Å². The zero-order chi connectivity index (χ0) is 21.9. The summed E-state index contributed by atoms with van der Waals surface area (Å²) in [5, 5.41) is 21.7. The van der Waals surface area contributed by atoms with E-state index in [1.807, 2.05) is 0 Å². The molecule has 4 aliphatic rings. The highest BCUT2D eigenvalue weighted by atomic mass is 16.3. The van der Waals surface area contributed by atoms with Gasteiger partial charge in [0.1, 0.15) is 0 Å². The van der Waals surface area contributed by atoms with Crippen LogP contribution in [0.1, 0.15) is 86.5 Å². The molecule has 0 bridgehead atoms. The van der Waals surface area contributed by atoms with E-state index in [0.29, 0.717) is 41.9 Å². The summed E-state index contributed by atoms with van der Waals surface area (Å²) >= 11 is 0. The van der Waals surface area contributed by atoms with Crippen molar-refractivity contribution in [3.8, 4) is 0 Å². The molecule has 0 saturated heterocycles. The highest BCUT2D eigenvalue weighted by Crippen LogP contribution is 2.65. The Kier molecular flexibility index (Phi) is 5.68. The molecule has 2 heteroatoms. The van der Waals surface area contributed by atoms with E-state index in [2.05, 4.69) is 65.8 Å². The Morgan fingerprint density at radius 3 is 2.43 bits per heavy atom. The summed E-state index contributed by atoms with van der Waals surface area (Å²) < 4.78 is 0. The van der Waals surface area contributed by atoms with Gasteiger partial charge >= 0.3 is 0 Å². The van der Waals surface area contributed by atoms with Crippen molar-refractivity contribution >= 4 is 0 Å². The van der Waals surface area contributed by atoms with Gasteiger partial charge < -0.3 is 10.2 Å². The Hall–Kier alpha value is -0.860. The standard InChI is InChI=1S/C28H44O2/c1-18(2)19(3)7-8-20(4)23-9-10-24-22-12-16-28(30)17-21(29)11-15-27(28,6)25(22)13-14-26(23,24)5/h7-8,12-13,18-21,23-24,29-30H,9-11,14-17H2,1-6H3/b8-7+/t19-,20+,21-,23+,24-,26+,27+,28+/m0/s1. The minimum atomic E-state index is -0.783. The Balaban J connectivity index is 1.61. The molecule has 2 fully saturated rings. The second-order valence-electron chi connectivity index (χ2n) is 12.0. The van der Waals surface area contributed by atoms with Gasteiger partial charge in [-0.25, -0.2) is 0 Å². The maximum Gasteiger partial charge on any atom is 0.0800 e. The maximum atomic E-state index is 11.5. The van der Waals surface area contributed by atoms with Crippen LogP contribution in [-0.4, -0.2) is 21.9 Å². The molecule has 0 heterocycles. The van der Waals surface area contributed by atoms with E-state index in [-0.39, 0.29) is 11.5 Å². The minimum Gasteiger partial charge on any atom is -0.393 e. The zero-order valence-electron chi connectivity index (χ0n) is 20.1. The second kappa shape index (κ2) is 7.62. The number of allylic oxidation sites excluding steroid dienone is 4. The number of aliphatic hydroxyl groups excluding tert-OH is 1. The van der Waals surface area contributed by atoms with E-state index in [0.717, 1.165) is 25.2 Å². The number of aliphatic hydroxyl groups is 2. The first kappa shape index (κ1) is 22.3. The average molecular weight is 413 g/mol. The predicted octanol–water partition coefficient (Wildman–Crippen LogP) is 6.45. The Bertz CT molecular complexity index is 761. The zero-order valence-corrected chi connectivity index (χ0v) is 20.1. The van der Waals surface area contributed by atoms with E-state index in [1.54, 1.807) is 5.57 Å². The first-order valence-corrected chi connectivity index (χ1v) is 12.5. The highest BCUT2D eigenvalue weighted by Gasteiger charge is 2.59. The second-order valence-corrected chi connectivity index (χ2v) is 12.0. The molecule has 168 valence electrons. The summed E-state index contributed by atoms with van der Waals surface area (Å²) in [5.74, 6) is 3.28. The fourth-order valence-electron chi connectivity index (χ4n) is 7.44. The van der Waals surface area contributed by atoms with Crippen molar-refractivity contribution in [3.63, 3.8) is 0 Å². The Morgan fingerprint density at radius 2 is 1.73 bits per heavy atom. The van der Waals surface area contributed by atoms with E-state index in [1.165, 1.54) is 18.4 Å². The van der Waals surface area contributed by atoms with Crippen LogP contribution in [0.4, 0.5) is 0 Å². The van der Waals surface area contributed by atoms with Gasteiger partial charge in [-0.2, -0.15) is 0 Å². The summed E-state index contributed by atoms with van der Waals surface area (Å²) in [7, 11) is 0. The van der Waals surface area contributed by atoms with E-state index >= 15 is 0 Å². The average Bonchev–Trinajstić information content (AvgIpc) is 3.04. The molecule has 2 nitrogen and oxygen atoms in total. The molecule has 4 rings (SSSR count). The van der Waals surface area contributed by atoms with Crippen LogP contribution in [0, 0.1) is 40.4 Å². The maximum absolute atomic E-state index is 11.5. The quantitative estimate of drug-likeness (QED) is 0.521. The Labute approximate surface area is 184 Å². The van der Waals surface area contributed by atoms with Crippen LogP contribution < -0.4 is 0 Å². The molecule has 0 amide bonds. The van der Waals surface area contributed by atoms with Crippen LogP contribution in [0.5, 0.6) is 0 Å². The molecular formula is C28H44O2. The predicted molar refractivity (Wildman–Crippen MR) is 125 cm³/mol.